The maximum absolute atomic E-state index is 12.2. The van der Waals surface area contributed by atoms with E-state index in [1.165, 1.54) is 0 Å². The summed E-state index contributed by atoms with van der Waals surface area (Å²) in [6.07, 6.45) is 6.70. The lowest BCUT2D eigenvalue weighted by Gasteiger charge is -2.23. The minimum atomic E-state index is 0.00569. The number of nitrogens with one attached hydrogen (secondary N) is 1. The number of carbonyl (C=O) groups is 1. The Kier molecular flexibility index (Phi) is 4.18. The first-order chi connectivity index (χ1) is 8.66. The lowest BCUT2D eigenvalue weighted by atomic mass is 10.1. The number of aromatic nitrogens is 1. The Labute approximate surface area is 108 Å². The maximum Gasteiger partial charge on any atom is 0.322 e. The van der Waals surface area contributed by atoms with Crippen molar-refractivity contribution in [3.63, 3.8) is 0 Å². The number of nitrogens with zero attached hydrogens (tertiary/aromatic N) is 2. The maximum atomic E-state index is 12.2. The molecular weight excluding hydrogens is 226 g/mol. The molecule has 0 atom stereocenters. The fourth-order valence-electron chi connectivity index (χ4n) is 1.87. The van der Waals surface area contributed by atoms with Crippen LogP contribution in [0.1, 0.15) is 33.1 Å². The van der Waals surface area contributed by atoms with Crippen LogP contribution in [0.5, 0.6) is 0 Å². The number of pyridine rings is 1. The molecule has 1 N–H and O–H groups in total. The van der Waals surface area contributed by atoms with Gasteiger partial charge in [-0.3, -0.25) is 4.98 Å². The number of amides is 2. The van der Waals surface area contributed by atoms with Crippen LogP contribution in [-0.2, 0) is 0 Å². The van der Waals surface area contributed by atoms with E-state index in [9.17, 15) is 4.79 Å². The number of carbonyl (C=O) groups excluding carboxylic acids is 1. The molecule has 1 fully saturated rings. The SMILES string of the molecule is CC(C)CCN(C(=O)Nc1cccnc1)C1CC1. The average molecular weight is 247 g/mol. The summed E-state index contributed by atoms with van der Waals surface area (Å²) in [5.41, 5.74) is 0.762. The van der Waals surface area contributed by atoms with Crippen molar-refractivity contribution in [3.05, 3.63) is 24.5 Å². The molecule has 0 saturated heterocycles. The monoisotopic (exact) mass is 247 g/mol. The van der Waals surface area contributed by atoms with Crippen LogP contribution in [-0.4, -0.2) is 28.5 Å². The average Bonchev–Trinajstić information content (AvgIpc) is 3.14. The highest BCUT2D eigenvalue weighted by molar-refractivity contribution is 5.89. The van der Waals surface area contributed by atoms with Crippen molar-refractivity contribution in [1.82, 2.24) is 9.88 Å². The van der Waals surface area contributed by atoms with Crippen molar-refractivity contribution >= 4 is 11.7 Å². The third kappa shape index (κ3) is 3.72. The molecule has 4 heteroatoms. The van der Waals surface area contributed by atoms with Gasteiger partial charge in [0.25, 0.3) is 0 Å². The number of hydrogen-bond acceptors (Lipinski definition) is 2. The Morgan fingerprint density at radius 1 is 1.56 bits per heavy atom. The van der Waals surface area contributed by atoms with Gasteiger partial charge in [0.05, 0.1) is 11.9 Å². The second kappa shape index (κ2) is 5.85. The summed E-state index contributed by atoms with van der Waals surface area (Å²) in [5, 5.41) is 2.91. The molecule has 1 aliphatic carbocycles. The van der Waals surface area contributed by atoms with Crippen LogP contribution in [0.3, 0.4) is 0 Å². The van der Waals surface area contributed by atoms with Crippen LogP contribution in [0.15, 0.2) is 24.5 Å². The van der Waals surface area contributed by atoms with E-state index in [2.05, 4.69) is 24.1 Å². The Hall–Kier alpha value is -1.58. The van der Waals surface area contributed by atoms with Gasteiger partial charge in [0.15, 0.2) is 0 Å². The molecule has 2 rings (SSSR count). The predicted octanol–water partition coefficient (Wildman–Crippen LogP) is 3.12. The molecule has 1 saturated carbocycles. The predicted molar refractivity (Wildman–Crippen MR) is 72.4 cm³/mol. The Morgan fingerprint density at radius 3 is 2.89 bits per heavy atom. The van der Waals surface area contributed by atoms with E-state index in [4.69, 9.17) is 0 Å². The van der Waals surface area contributed by atoms with Crippen LogP contribution in [0.25, 0.3) is 0 Å². The first-order valence-corrected chi connectivity index (χ1v) is 6.64. The van der Waals surface area contributed by atoms with Crippen molar-refractivity contribution in [3.8, 4) is 0 Å². The summed E-state index contributed by atoms with van der Waals surface area (Å²) in [5.74, 6) is 0.623. The normalized spacial score (nSPS) is 14.6. The van der Waals surface area contributed by atoms with E-state index < -0.39 is 0 Å². The summed E-state index contributed by atoms with van der Waals surface area (Å²) in [7, 11) is 0. The molecular formula is C14H21N3O. The first kappa shape index (κ1) is 12.9. The van der Waals surface area contributed by atoms with Gasteiger partial charge in [-0.1, -0.05) is 13.8 Å². The molecule has 1 aliphatic rings. The van der Waals surface area contributed by atoms with Gasteiger partial charge < -0.3 is 10.2 Å². The fraction of sp³-hybridized carbons (Fsp3) is 0.571. The molecule has 4 nitrogen and oxygen atoms in total. The molecule has 18 heavy (non-hydrogen) atoms. The standard InChI is InChI=1S/C14H21N3O/c1-11(2)7-9-17(13-5-6-13)14(18)16-12-4-3-8-15-10-12/h3-4,8,10-11,13H,5-7,9H2,1-2H3,(H,16,18). The molecule has 98 valence electrons. The molecule has 0 unspecified atom stereocenters. The highest BCUT2D eigenvalue weighted by atomic mass is 16.2. The summed E-state index contributed by atoms with van der Waals surface area (Å²) < 4.78 is 0. The molecule has 0 aliphatic heterocycles. The second-order valence-electron chi connectivity index (χ2n) is 5.28. The highest BCUT2D eigenvalue weighted by Crippen LogP contribution is 2.28. The number of urea groups is 1. The zero-order valence-corrected chi connectivity index (χ0v) is 11.1. The van der Waals surface area contributed by atoms with E-state index in [0.717, 1.165) is 31.5 Å². The molecule has 0 spiro atoms. The van der Waals surface area contributed by atoms with E-state index in [1.54, 1.807) is 12.4 Å². The molecule has 0 bridgehead atoms. The van der Waals surface area contributed by atoms with Gasteiger partial charge in [-0.15, -0.1) is 0 Å². The second-order valence-corrected chi connectivity index (χ2v) is 5.28. The smallest absolute Gasteiger partial charge is 0.322 e. The first-order valence-electron chi connectivity index (χ1n) is 6.64. The van der Waals surface area contributed by atoms with Gasteiger partial charge in [0, 0.05) is 18.8 Å². The summed E-state index contributed by atoms with van der Waals surface area (Å²) in [6, 6.07) is 4.13. The van der Waals surface area contributed by atoms with Crippen LogP contribution in [0, 0.1) is 5.92 Å². The van der Waals surface area contributed by atoms with Gasteiger partial charge in [0.2, 0.25) is 0 Å². The van der Waals surface area contributed by atoms with Crippen molar-refractivity contribution < 1.29 is 4.79 Å². The largest absolute Gasteiger partial charge is 0.322 e. The van der Waals surface area contributed by atoms with Crippen molar-refractivity contribution in [1.29, 1.82) is 0 Å². The van der Waals surface area contributed by atoms with E-state index in [1.807, 2.05) is 17.0 Å². The number of anilines is 1. The number of rotatable bonds is 5. The van der Waals surface area contributed by atoms with Crippen molar-refractivity contribution in [2.45, 2.75) is 39.2 Å². The Morgan fingerprint density at radius 2 is 2.33 bits per heavy atom. The van der Waals surface area contributed by atoms with E-state index in [-0.39, 0.29) is 6.03 Å². The van der Waals surface area contributed by atoms with Gasteiger partial charge in [-0.05, 0) is 37.3 Å². The summed E-state index contributed by atoms with van der Waals surface area (Å²) in [4.78, 5) is 18.2. The Balaban J connectivity index is 1.91. The molecule has 1 aromatic rings. The molecule has 1 heterocycles. The van der Waals surface area contributed by atoms with Crippen molar-refractivity contribution in [2.75, 3.05) is 11.9 Å². The molecule has 0 aromatic carbocycles. The minimum absolute atomic E-state index is 0.00569. The molecule has 0 radical (unpaired) electrons. The highest BCUT2D eigenvalue weighted by Gasteiger charge is 2.32. The summed E-state index contributed by atoms with van der Waals surface area (Å²) >= 11 is 0. The summed E-state index contributed by atoms with van der Waals surface area (Å²) in [6.45, 7) is 5.21. The van der Waals surface area contributed by atoms with Gasteiger partial charge in [-0.2, -0.15) is 0 Å². The third-order valence-electron chi connectivity index (χ3n) is 3.11. The zero-order chi connectivity index (χ0) is 13.0. The van der Waals surface area contributed by atoms with Gasteiger partial charge >= 0.3 is 6.03 Å². The third-order valence-corrected chi connectivity index (χ3v) is 3.11. The van der Waals surface area contributed by atoms with E-state index >= 15 is 0 Å². The van der Waals surface area contributed by atoms with Crippen molar-refractivity contribution in [2.24, 2.45) is 5.92 Å². The van der Waals surface area contributed by atoms with E-state index in [0.29, 0.717) is 12.0 Å². The Bertz CT molecular complexity index is 387. The fourth-order valence-corrected chi connectivity index (χ4v) is 1.87. The van der Waals surface area contributed by atoms with Crippen LogP contribution < -0.4 is 5.32 Å². The van der Waals surface area contributed by atoms with Gasteiger partial charge in [-0.25, -0.2) is 4.79 Å². The molecule has 1 aromatic heterocycles. The molecule has 2 amide bonds. The lowest BCUT2D eigenvalue weighted by Crippen LogP contribution is -2.37. The van der Waals surface area contributed by atoms with Crippen LogP contribution >= 0.6 is 0 Å². The van der Waals surface area contributed by atoms with Crippen LogP contribution in [0.4, 0.5) is 10.5 Å². The zero-order valence-electron chi connectivity index (χ0n) is 11.1. The quantitative estimate of drug-likeness (QED) is 0.868. The number of hydrogen-bond donors (Lipinski definition) is 1. The topological polar surface area (TPSA) is 45.2 Å². The van der Waals surface area contributed by atoms with Gasteiger partial charge in [0.1, 0.15) is 0 Å². The minimum Gasteiger partial charge on any atom is -0.322 e. The van der Waals surface area contributed by atoms with Crippen LogP contribution in [0.2, 0.25) is 0 Å². The lowest BCUT2D eigenvalue weighted by molar-refractivity contribution is 0.205.